The molecule has 1 aromatic heterocycles. The molecular weight excluding hydrogens is 424 g/mol. The fraction of sp³-hybridized carbons (Fsp3) is 0.172. The highest BCUT2D eigenvalue weighted by atomic mass is 16.5. The molecule has 170 valence electrons. The summed E-state index contributed by atoms with van der Waals surface area (Å²) in [7, 11) is 0. The van der Waals surface area contributed by atoms with Gasteiger partial charge in [-0.05, 0) is 61.7 Å². The number of aryl methyl sites for hydroxylation is 1. The van der Waals surface area contributed by atoms with Gasteiger partial charge in [-0.2, -0.15) is 5.26 Å². The van der Waals surface area contributed by atoms with E-state index in [1.807, 2.05) is 49.4 Å². The van der Waals surface area contributed by atoms with Gasteiger partial charge < -0.3 is 13.9 Å². The largest absolute Gasteiger partial charge is 0.490 e. The van der Waals surface area contributed by atoms with Gasteiger partial charge in [0.05, 0.1) is 6.61 Å². The van der Waals surface area contributed by atoms with Gasteiger partial charge in [-0.1, -0.05) is 48.0 Å². The molecule has 0 radical (unpaired) electrons. The number of benzene rings is 3. The molecule has 0 aliphatic carbocycles. The Kier molecular flexibility index (Phi) is 7.10. The van der Waals surface area contributed by atoms with Crippen LogP contribution in [0.2, 0.25) is 0 Å². The number of hydrogen-bond donors (Lipinski definition) is 0. The van der Waals surface area contributed by atoms with Crippen molar-refractivity contribution in [3.8, 4) is 17.6 Å². The van der Waals surface area contributed by atoms with Gasteiger partial charge >= 0.3 is 0 Å². The van der Waals surface area contributed by atoms with E-state index in [1.165, 1.54) is 5.56 Å². The summed E-state index contributed by atoms with van der Waals surface area (Å²) < 4.78 is 17.9. The van der Waals surface area contributed by atoms with E-state index in [2.05, 4.69) is 48.8 Å². The van der Waals surface area contributed by atoms with E-state index in [0.29, 0.717) is 47.8 Å². The molecule has 0 unspecified atom stereocenters. The summed E-state index contributed by atoms with van der Waals surface area (Å²) in [6.45, 7) is 8.78. The van der Waals surface area contributed by atoms with E-state index < -0.39 is 0 Å². The minimum absolute atomic E-state index is 0.284. The van der Waals surface area contributed by atoms with Crippen molar-refractivity contribution in [2.45, 2.75) is 26.9 Å². The molecule has 1 heterocycles. The van der Waals surface area contributed by atoms with Crippen LogP contribution in [0.5, 0.6) is 11.5 Å². The summed E-state index contributed by atoms with van der Waals surface area (Å²) in [6.07, 6.45) is 4.17. The summed E-state index contributed by atoms with van der Waals surface area (Å²) in [5.41, 5.74) is 5.67. The van der Waals surface area contributed by atoms with E-state index in [9.17, 15) is 5.26 Å². The van der Waals surface area contributed by atoms with Crippen molar-refractivity contribution in [2.75, 3.05) is 6.61 Å². The highest BCUT2D eigenvalue weighted by Crippen LogP contribution is 2.36. The molecule has 0 saturated carbocycles. The van der Waals surface area contributed by atoms with Gasteiger partial charge in [0, 0.05) is 5.56 Å². The summed E-state index contributed by atoms with van der Waals surface area (Å²) >= 11 is 0. The summed E-state index contributed by atoms with van der Waals surface area (Å²) in [5.74, 6) is 1.58. The van der Waals surface area contributed by atoms with Gasteiger partial charge in [0.2, 0.25) is 5.89 Å². The second kappa shape index (κ2) is 10.5. The van der Waals surface area contributed by atoms with Crippen LogP contribution in [0.25, 0.3) is 22.7 Å². The number of ether oxygens (including phenoxy) is 2. The maximum Gasteiger partial charge on any atom is 0.238 e. The van der Waals surface area contributed by atoms with Crippen molar-refractivity contribution in [1.29, 1.82) is 5.26 Å². The lowest BCUT2D eigenvalue weighted by molar-refractivity contribution is 0.267. The Balaban J connectivity index is 1.71. The third-order valence-electron chi connectivity index (χ3n) is 5.28. The maximum absolute atomic E-state index is 9.81. The molecule has 0 bridgehead atoms. The van der Waals surface area contributed by atoms with E-state index >= 15 is 0 Å². The van der Waals surface area contributed by atoms with Gasteiger partial charge in [0.15, 0.2) is 17.1 Å². The zero-order valence-corrected chi connectivity index (χ0v) is 19.4. The van der Waals surface area contributed by atoms with Gasteiger partial charge in [-0.25, -0.2) is 4.98 Å². The van der Waals surface area contributed by atoms with Crippen LogP contribution >= 0.6 is 0 Å². The highest BCUT2D eigenvalue weighted by Gasteiger charge is 2.15. The monoisotopic (exact) mass is 450 g/mol. The zero-order valence-electron chi connectivity index (χ0n) is 19.4. The topological polar surface area (TPSA) is 68.3 Å². The molecule has 0 fully saturated rings. The Morgan fingerprint density at radius 3 is 2.62 bits per heavy atom. The number of nitrogens with zero attached hydrogens (tertiary/aromatic N) is 2. The molecular formula is C29H26N2O3. The first-order valence-electron chi connectivity index (χ1n) is 11.2. The number of allylic oxidation sites excluding steroid dienone is 2. The van der Waals surface area contributed by atoms with Crippen molar-refractivity contribution in [3.05, 3.63) is 101 Å². The first-order valence-corrected chi connectivity index (χ1v) is 11.2. The molecule has 0 atom stereocenters. The molecule has 5 nitrogen and oxygen atoms in total. The smallest absolute Gasteiger partial charge is 0.238 e. The standard InChI is InChI=1S/C29H26N2O3/c1-4-8-23-15-22(16-24(18-30)29-31-25-9-6-7-10-26(25)34-29)17-27(32-5-2)28(23)33-19-21-13-11-20(3)12-14-21/h4,6-7,9-17H,1,5,8,19H2,2-3H3/b24-16+. The SMILES string of the molecule is C=CCc1cc(/C=C(\C#N)c2nc3ccccc3o2)cc(OCC)c1OCc1ccc(C)cc1. The average molecular weight is 451 g/mol. The number of para-hydroxylation sites is 2. The number of fused-ring (bicyclic) bond motifs is 1. The summed E-state index contributed by atoms with van der Waals surface area (Å²) in [6, 6.07) is 21.7. The Labute approximate surface area is 199 Å². The first kappa shape index (κ1) is 22.9. The second-order valence-electron chi connectivity index (χ2n) is 7.86. The minimum Gasteiger partial charge on any atom is -0.490 e. The van der Waals surface area contributed by atoms with Crippen LogP contribution < -0.4 is 9.47 Å². The first-order chi connectivity index (χ1) is 16.6. The third kappa shape index (κ3) is 5.19. The van der Waals surface area contributed by atoms with Crippen molar-refractivity contribution >= 4 is 22.7 Å². The van der Waals surface area contributed by atoms with Gasteiger partial charge in [0.1, 0.15) is 23.8 Å². The van der Waals surface area contributed by atoms with E-state index in [-0.39, 0.29) is 5.89 Å². The number of nitriles is 1. The van der Waals surface area contributed by atoms with Crippen molar-refractivity contribution in [3.63, 3.8) is 0 Å². The van der Waals surface area contributed by atoms with Crippen molar-refractivity contribution in [1.82, 2.24) is 4.98 Å². The normalized spacial score (nSPS) is 11.3. The van der Waals surface area contributed by atoms with Crippen LogP contribution in [-0.2, 0) is 13.0 Å². The Morgan fingerprint density at radius 2 is 1.91 bits per heavy atom. The quantitative estimate of drug-likeness (QED) is 0.205. The molecule has 0 aliphatic heterocycles. The number of aromatic nitrogens is 1. The molecule has 5 heteroatoms. The molecule has 0 aliphatic rings. The number of hydrogen-bond acceptors (Lipinski definition) is 5. The van der Waals surface area contributed by atoms with E-state index in [1.54, 1.807) is 6.08 Å². The summed E-state index contributed by atoms with van der Waals surface area (Å²) in [4.78, 5) is 4.45. The van der Waals surface area contributed by atoms with Crippen LogP contribution in [-0.4, -0.2) is 11.6 Å². The predicted molar refractivity (Wildman–Crippen MR) is 135 cm³/mol. The zero-order chi connectivity index (χ0) is 23.9. The Hall–Kier alpha value is -4.30. The van der Waals surface area contributed by atoms with Crippen molar-refractivity contribution in [2.24, 2.45) is 0 Å². The molecule has 4 aromatic rings. The summed E-state index contributed by atoms with van der Waals surface area (Å²) in [5, 5.41) is 9.81. The Bertz CT molecular complexity index is 1340. The third-order valence-corrected chi connectivity index (χ3v) is 5.28. The fourth-order valence-corrected chi connectivity index (χ4v) is 3.64. The second-order valence-corrected chi connectivity index (χ2v) is 7.86. The maximum atomic E-state index is 9.81. The molecule has 4 rings (SSSR count). The van der Waals surface area contributed by atoms with Crippen LogP contribution in [0.4, 0.5) is 0 Å². The van der Waals surface area contributed by atoms with Crippen LogP contribution in [0.1, 0.15) is 35.1 Å². The van der Waals surface area contributed by atoms with Gasteiger partial charge in [-0.3, -0.25) is 0 Å². The molecule has 0 amide bonds. The molecule has 0 N–H and O–H groups in total. The van der Waals surface area contributed by atoms with Crippen LogP contribution in [0.3, 0.4) is 0 Å². The molecule has 0 saturated heterocycles. The lowest BCUT2D eigenvalue weighted by atomic mass is 10.0. The average Bonchev–Trinajstić information content (AvgIpc) is 3.27. The van der Waals surface area contributed by atoms with E-state index in [0.717, 1.165) is 16.7 Å². The van der Waals surface area contributed by atoms with Crippen LogP contribution in [0, 0.1) is 18.3 Å². The van der Waals surface area contributed by atoms with Gasteiger partial charge in [0.25, 0.3) is 0 Å². The minimum atomic E-state index is 0.284. The van der Waals surface area contributed by atoms with E-state index in [4.69, 9.17) is 13.9 Å². The number of oxazole rings is 1. The predicted octanol–water partition coefficient (Wildman–Crippen LogP) is 6.91. The molecule has 0 spiro atoms. The fourth-order valence-electron chi connectivity index (χ4n) is 3.64. The van der Waals surface area contributed by atoms with Crippen LogP contribution in [0.15, 0.2) is 77.7 Å². The number of rotatable bonds is 9. The Morgan fingerprint density at radius 1 is 1.12 bits per heavy atom. The highest BCUT2D eigenvalue weighted by molar-refractivity contribution is 5.89. The molecule has 3 aromatic carbocycles. The lowest BCUT2D eigenvalue weighted by Crippen LogP contribution is -2.03. The lowest BCUT2D eigenvalue weighted by Gasteiger charge is -2.17. The van der Waals surface area contributed by atoms with Gasteiger partial charge in [-0.15, -0.1) is 6.58 Å². The van der Waals surface area contributed by atoms with Crippen molar-refractivity contribution < 1.29 is 13.9 Å². The molecule has 34 heavy (non-hydrogen) atoms.